The third-order valence-electron chi connectivity index (χ3n) is 2.52. The fraction of sp³-hybridized carbons (Fsp3) is 0.538. The van der Waals surface area contributed by atoms with Crippen molar-refractivity contribution in [3.05, 3.63) is 21.9 Å². The Kier molecular flexibility index (Phi) is 5.85. The van der Waals surface area contributed by atoms with Crippen LogP contribution in [0.15, 0.2) is 12.1 Å². The maximum atomic E-state index is 11.9. The summed E-state index contributed by atoms with van der Waals surface area (Å²) in [4.78, 5) is 25.3. The van der Waals surface area contributed by atoms with E-state index in [-0.39, 0.29) is 11.8 Å². The van der Waals surface area contributed by atoms with E-state index in [0.717, 1.165) is 12.8 Å². The van der Waals surface area contributed by atoms with Crippen LogP contribution in [0.4, 0.5) is 0 Å². The lowest BCUT2D eigenvalue weighted by Gasteiger charge is -2.12. The highest BCUT2D eigenvalue weighted by Gasteiger charge is 2.16. The van der Waals surface area contributed by atoms with E-state index in [9.17, 15) is 9.59 Å². The number of carbonyl (C=O) groups is 2. The Morgan fingerprint density at radius 2 is 2.06 bits per heavy atom. The van der Waals surface area contributed by atoms with Crippen LogP contribution >= 0.6 is 11.3 Å². The van der Waals surface area contributed by atoms with E-state index in [2.05, 4.69) is 10.6 Å². The van der Waals surface area contributed by atoms with Gasteiger partial charge in [0.15, 0.2) is 0 Å². The molecular weight excluding hydrogens is 248 g/mol. The van der Waals surface area contributed by atoms with Crippen molar-refractivity contribution in [2.24, 2.45) is 0 Å². The first-order chi connectivity index (χ1) is 8.58. The molecule has 0 aliphatic carbocycles. The minimum atomic E-state index is -0.503. The molecule has 0 aliphatic rings. The molecule has 1 atom stereocenters. The maximum absolute atomic E-state index is 11.9. The van der Waals surface area contributed by atoms with Gasteiger partial charge in [-0.25, -0.2) is 0 Å². The van der Waals surface area contributed by atoms with Gasteiger partial charge >= 0.3 is 0 Å². The number of thiophene rings is 1. The van der Waals surface area contributed by atoms with Crippen molar-refractivity contribution in [1.82, 2.24) is 10.6 Å². The van der Waals surface area contributed by atoms with E-state index in [4.69, 9.17) is 0 Å². The Bertz CT molecular complexity index is 415. The quantitative estimate of drug-likeness (QED) is 0.828. The van der Waals surface area contributed by atoms with Gasteiger partial charge in [0, 0.05) is 11.4 Å². The molecule has 0 aliphatic heterocycles. The molecule has 2 N–H and O–H groups in total. The molecular formula is C13H20N2O2S. The highest BCUT2D eigenvalue weighted by Crippen LogP contribution is 2.16. The van der Waals surface area contributed by atoms with E-state index >= 15 is 0 Å². The predicted molar refractivity (Wildman–Crippen MR) is 73.9 cm³/mol. The third-order valence-corrected chi connectivity index (χ3v) is 3.75. The molecule has 4 nitrogen and oxygen atoms in total. The first-order valence-corrected chi connectivity index (χ1v) is 7.07. The van der Waals surface area contributed by atoms with E-state index in [1.807, 2.05) is 19.9 Å². The largest absolute Gasteiger partial charge is 0.354 e. The molecule has 5 heteroatoms. The zero-order chi connectivity index (χ0) is 13.5. The van der Waals surface area contributed by atoms with Crippen molar-refractivity contribution in [3.8, 4) is 0 Å². The zero-order valence-electron chi connectivity index (χ0n) is 11.1. The van der Waals surface area contributed by atoms with Crippen molar-refractivity contribution in [2.75, 3.05) is 6.54 Å². The topological polar surface area (TPSA) is 58.2 Å². The molecule has 18 heavy (non-hydrogen) atoms. The molecule has 1 rings (SSSR count). The summed E-state index contributed by atoms with van der Waals surface area (Å²) in [5.41, 5.74) is 0. The van der Waals surface area contributed by atoms with Gasteiger partial charge in [-0.1, -0.05) is 13.8 Å². The number of aryl methyl sites for hydroxylation is 1. The third kappa shape index (κ3) is 4.14. The lowest BCUT2D eigenvalue weighted by atomic mass is 10.3. The van der Waals surface area contributed by atoms with E-state index in [0.29, 0.717) is 11.4 Å². The normalized spacial score (nSPS) is 11.9. The van der Waals surface area contributed by atoms with Gasteiger partial charge in [0.2, 0.25) is 5.91 Å². The summed E-state index contributed by atoms with van der Waals surface area (Å²) in [5, 5.41) is 5.46. The summed E-state index contributed by atoms with van der Waals surface area (Å²) < 4.78 is 0. The minimum absolute atomic E-state index is 0.141. The summed E-state index contributed by atoms with van der Waals surface area (Å²) in [6.45, 7) is 6.37. The Balaban J connectivity index is 2.51. The van der Waals surface area contributed by atoms with Crippen LogP contribution in [-0.4, -0.2) is 24.4 Å². The number of nitrogens with one attached hydrogen (secondary N) is 2. The number of amides is 2. The van der Waals surface area contributed by atoms with E-state index in [1.165, 1.54) is 16.2 Å². The highest BCUT2D eigenvalue weighted by molar-refractivity contribution is 7.14. The van der Waals surface area contributed by atoms with Crippen LogP contribution < -0.4 is 10.6 Å². The smallest absolute Gasteiger partial charge is 0.261 e. The molecule has 1 unspecified atom stereocenters. The highest BCUT2D eigenvalue weighted by atomic mass is 32.1. The lowest BCUT2D eigenvalue weighted by molar-refractivity contribution is -0.122. The number of hydrogen-bond acceptors (Lipinski definition) is 3. The second-order valence-corrected chi connectivity index (χ2v) is 5.27. The van der Waals surface area contributed by atoms with Crippen LogP contribution in [0.3, 0.4) is 0 Å². The van der Waals surface area contributed by atoms with Crippen molar-refractivity contribution >= 4 is 23.2 Å². The van der Waals surface area contributed by atoms with Crippen LogP contribution in [0.2, 0.25) is 0 Å². The van der Waals surface area contributed by atoms with Gasteiger partial charge in [-0.3, -0.25) is 9.59 Å². The average molecular weight is 268 g/mol. The maximum Gasteiger partial charge on any atom is 0.261 e. The standard InChI is InChI=1S/C13H20N2O2S/c1-4-8-14-12(16)9(3)15-13(17)11-7-6-10(5-2)18-11/h6-7,9H,4-5,8H2,1-3H3,(H,14,16)(H,15,17). The summed E-state index contributed by atoms with van der Waals surface area (Å²) in [7, 11) is 0. The van der Waals surface area contributed by atoms with Crippen molar-refractivity contribution in [2.45, 2.75) is 39.7 Å². The van der Waals surface area contributed by atoms with Gasteiger partial charge in [-0.15, -0.1) is 11.3 Å². The SMILES string of the molecule is CCCNC(=O)C(C)NC(=O)c1ccc(CC)s1. The fourth-order valence-corrected chi connectivity index (χ4v) is 2.28. The van der Waals surface area contributed by atoms with Gasteiger partial charge in [0.25, 0.3) is 5.91 Å². The molecule has 2 amide bonds. The van der Waals surface area contributed by atoms with E-state index in [1.54, 1.807) is 13.0 Å². The average Bonchev–Trinajstić information content (AvgIpc) is 2.84. The number of hydrogen-bond donors (Lipinski definition) is 2. The molecule has 100 valence electrons. The molecule has 0 bridgehead atoms. The molecule has 0 aromatic carbocycles. The summed E-state index contributed by atoms with van der Waals surface area (Å²) in [5.74, 6) is -0.323. The monoisotopic (exact) mass is 268 g/mol. The first kappa shape index (κ1) is 14.7. The van der Waals surface area contributed by atoms with Crippen LogP contribution in [-0.2, 0) is 11.2 Å². The van der Waals surface area contributed by atoms with Crippen LogP contribution in [0, 0.1) is 0 Å². The Morgan fingerprint density at radius 3 is 2.61 bits per heavy atom. The van der Waals surface area contributed by atoms with Crippen molar-refractivity contribution in [3.63, 3.8) is 0 Å². The van der Waals surface area contributed by atoms with Gasteiger partial charge in [-0.2, -0.15) is 0 Å². The van der Waals surface area contributed by atoms with E-state index < -0.39 is 6.04 Å². The van der Waals surface area contributed by atoms with Crippen LogP contribution in [0.25, 0.3) is 0 Å². The summed E-state index contributed by atoms with van der Waals surface area (Å²) >= 11 is 1.47. The van der Waals surface area contributed by atoms with Gasteiger partial charge in [0.05, 0.1) is 4.88 Å². The molecule has 0 radical (unpaired) electrons. The van der Waals surface area contributed by atoms with Crippen LogP contribution in [0.5, 0.6) is 0 Å². The molecule has 1 aromatic heterocycles. The molecule has 0 fully saturated rings. The van der Waals surface area contributed by atoms with Crippen molar-refractivity contribution < 1.29 is 9.59 Å². The second-order valence-electron chi connectivity index (χ2n) is 4.11. The predicted octanol–water partition coefficient (Wildman–Crippen LogP) is 1.95. The Labute approximate surface area is 112 Å². The Hall–Kier alpha value is -1.36. The molecule has 0 saturated carbocycles. The first-order valence-electron chi connectivity index (χ1n) is 6.25. The summed E-state index contributed by atoms with van der Waals surface area (Å²) in [6.07, 6.45) is 1.81. The van der Waals surface area contributed by atoms with Crippen LogP contribution in [0.1, 0.15) is 41.7 Å². The van der Waals surface area contributed by atoms with Gasteiger partial charge < -0.3 is 10.6 Å². The van der Waals surface area contributed by atoms with Gasteiger partial charge in [-0.05, 0) is 31.9 Å². The Morgan fingerprint density at radius 1 is 1.33 bits per heavy atom. The lowest BCUT2D eigenvalue weighted by Crippen LogP contribution is -2.44. The fourth-order valence-electron chi connectivity index (χ4n) is 1.42. The summed E-state index contributed by atoms with van der Waals surface area (Å²) in [6, 6.07) is 3.24. The number of rotatable bonds is 6. The molecule has 0 saturated heterocycles. The number of carbonyl (C=O) groups excluding carboxylic acids is 2. The van der Waals surface area contributed by atoms with Crippen molar-refractivity contribution in [1.29, 1.82) is 0 Å². The molecule has 1 aromatic rings. The molecule has 0 spiro atoms. The zero-order valence-corrected chi connectivity index (χ0v) is 11.9. The van der Waals surface area contributed by atoms with Gasteiger partial charge in [0.1, 0.15) is 6.04 Å². The molecule has 1 heterocycles. The minimum Gasteiger partial charge on any atom is -0.354 e. The second kappa shape index (κ2) is 7.16.